The highest BCUT2D eigenvalue weighted by molar-refractivity contribution is 5.41. The molecule has 0 spiro atoms. The van der Waals surface area contributed by atoms with E-state index in [1.165, 1.54) is 0 Å². The van der Waals surface area contributed by atoms with E-state index in [1.54, 1.807) is 24.3 Å². The molecule has 0 aliphatic carbocycles. The highest BCUT2D eigenvalue weighted by atomic mass is 16.3. The maximum absolute atomic E-state index is 9.30. The Morgan fingerprint density at radius 1 is 0.667 bits per heavy atom. The lowest BCUT2D eigenvalue weighted by Crippen LogP contribution is -2.18. The number of rotatable bonds is 2. The first-order valence-electron chi connectivity index (χ1n) is 5.59. The molecule has 0 unspecified atom stereocenters. The van der Waals surface area contributed by atoms with Crippen LogP contribution in [0, 0.1) is 0 Å². The molecule has 0 amide bonds. The second-order valence-corrected chi connectivity index (χ2v) is 4.72. The number of phenolic OH excluding ortho intramolecular Hbond substituents is 2. The van der Waals surface area contributed by atoms with Gasteiger partial charge in [-0.1, -0.05) is 38.1 Å². The quantitative estimate of drug-likeness (QED) is 0.854. The monoisotopic (exact) mass is 246 g/mol. The summed E-state index contributed by atoms with van der Waals surface area (Å²) in [6.07, 6.45) is 0. The van der Waals surface area contributed by atoms with Gasteiger partial charge in [0, 0.05) is 5.41 Å². The summed E-state index contributed by atoms with van der Waals surface area (Å²) in [5.74, 6) is 0.547. The van der Waals surface area contributed by atoms with Gasteiger partial charge in [0.1, 0.15) is 11.5 Å². The molecule has 2 aromatic carbocycles. The summed E-state index contributed by atoms with van der Waals surface area (Å²) in [5.41, 5.74) is 2.10. The lowest BCUT2D eigenvalue weighted by atomic mass is 9.78. The maximum Gasteiger partial charge on any atom is 0.115 e. The van der Waals surface area contributed by atoms with Crippen LogP contribution in [-0.2, 0) is 5.41 Å². The van der Waals surface area contributed by atoms with Crippen LogP contribution >= 0.6 is 0 Å². The summed E-state index contributed by atoms with van der Waals surface area (Å²) < 4.78 is 0. The Hall–Kier alpha value is -2.00. The third kappa shape index (κ3) is 2.63. The van der Waals surface area contributed by atoms with Crippen LogP contribution in [0.2, 0.25) is 0 Å². The van der Waals surface area contributed by atoms with Gasteiger partial charge in [0.2, 0.25) is 0 Å². The molecule has 0 saturated carbocycles. The Labute approximate surface area is 107 Å². The van der Waals surface area contributed by atoms with E-state index in [-0.39, 0.29) is 22.4 Å². The molecule has 2 aromatic rings. The summed E-state index contributed by atoms with van der Waals surface area (Å²) in [7, 11) is 0. The Morgan fingerprint density at radius 3 is 1.22 bits per heavy atom. The molecular formula is C15H18O3. The maximum atomic E-state index is 9.30. The van der Waals surface area contributed by atoms with E-state index < -0.39 is 0 Å². The van der Waals surface area contributed by atoms with E-state index in [2.05, 4.69) is 13.8 Å². The molecule has 4 N–H and O–H groups in total. The van der Waals surface area contributed by atoms with Gasteiger partial charge in [-0.25, -0.2) is 0 Å². The molecule has 0 aliphatic heterocycles. The Kier molecular flexibility index (Phi) is 3.99. The van der Waals surface area contributed by atoms with Gasteiger partial charge in [-0.2, -0.15) is 0 Å². The average Bonchev–Trinajstić information content (AvgIpc) is 2.30. The van der Waals surface area contributed by atoms with Crippen LogP contribution < -0.4 is 0 Å². The van der Waals surface area contributed by atoms with Gasteiger partial charge in [0.15, 0.2) is 0 Å². The molecular weight excluding hydrogens is 228 g/mol. The van der Waals surface area contributed by atoms with Gasteiger partial charge < -0.3 is 15.7 Å². The topological polar surface area (TPSA) is 72.0 Å². The van der Waals surface area contributed by atoms with Crippen LogP contribution in [0.5, 0.6) is 11.5 Å². The largest absolute Gasteiger partial charge is 0.508 e. The van der Waals surface area contributed by atoms with Crippen molar-refractivity contribution in [1.82, 2.24) is 0 Å². The minimum Gasteiger partial charge on any atom is -0.508 e. The van der Waals surface area contributed by atoms with E-state index in [4.69, 9.17) is 0 Å². The van der Waals surface area contributed by atoms with Crippen LogP contribution in [0.1, 0.15) is 25.0 Å². The predicted molar refractivity (Wildman–Crippen MR) is 72.0 cm³/mol. The SMILES string of the molecule is CC(C)(c1ccc(O)cc1)c1ccc(O)cc1.O. The molecule has 2 rings (SSSR count). The summed E-state index contributed by atoms with van der Waals surface area (Å²) >= 11 is 0. The Bertz CT molecular complexity index is 451. The van der Waals surface area contributed by atoms with Gasteiger partial charge in [-0.3, -0.25) is 0 Å². The summed E-state index contributed by atoms with van der Waals surface area (Å²) in [6.45, 7) is 4.23. The molecule has 0 aromatic heterocycles. The van der Waals surface area contributed by atoms with Crippen LogP contribution in [0.3, 0.4) is 0 Å². The minimum absolute atomic E-state index is 0. The van der Waals surface area contributed by atoms with Crippen molar-refractivity contribution in [2.75, 3.05) is 0 Å². The third-order valence-electron chi connectivity index (χ3n) is 3.18. The van der Waals surface area contributed by atoms with Gasteiger partial charge in [-0.05, 0) is 35.4 Å². The number of benzene rings is 2. The fourth-order valence-electron chi connectivity index (χ4n) is 1.92. The first-order chi connectivity index (χ1) is 8.00. The first-order valence-corrected chi connectivity index (χ1v) is 5.59. The van der Waals surface area contributed by atoms with Crippen molar-refractivity contribution in [2.24, 2.45) is 0 Å². The molecule has 0 fully saturated rings. The van der Waals surface area contributed by atoms with Crippen molar-refractivity contribution in [3.8, 4) is 11.5 Å². The van der Waals surface area contributed by atoms with Crippen molar-refractivity contribution in [1.29, 1.82) is 0 Å². The number of phenols is 2. The van der Waals surface area contributed by atoms with Gasteiger partial charge in [0.25, 0.3) is 0 Å². The molecule has 0 heterocycles. The molecule has 96 valence electrons. The van der Waals surface area contributed by atoms with Crippen LogP contribution in [0.15, 0.2) is 48.5 Å². The standard InChI is InChI=1S/C15H16O2.H2O/c1-15(2,11-3-7-13(16)8-4-11)12-5-9-14(17)10-6-12;/h3-10,16-17H,1-2H3;1H2. The Balaban J connectivity index is 0.00000162. The van der Waals surface area contributed by atoms with E-state index in [9.17, 15) is 10.2 Å². The fraction of sp³-hybridized carbons (Fsp3) is 0.200. The van der Waals surface area contributed by atoms with E-state index in [0.717, 1.165) is 11.1 Å². The van der Waals surface area contributed by atoms with E-state index >= 15 is 0 Å². The number of hydrogen-bond donors (Lipinski definition) is 2. The van der Waals surface area contributed by atoms with Crippen LogP contribution in [-0.4, -0.2) is 15.7 Å². The zero-order valence-corrected chi connectivity index (χ0v) is 10.5. The highest BCUT2D eigenvalue weighted by Crippen LogP contribution is 2.32. The molecule has 0 radical (unpaired) electrons. The zero-order chi connectivity index (χ0) is 12.5. The summed E-state index contributed by atoms with van der Waals surface area (Å²) in [6, 6.07) is 14.4. The number of aromatic hydroxyl groups is 2. The molecule has 3 heteroatoms. The van der Waals surface area contributed by atoms with Crippen molar-refractivity contribution in [3.63, 3.8) is 0 Å². The zero-order valence-electron chi connectivity index (χ0n) is 10.5. The van der Waals surface area contributed by atoms with Crippen molar-refractivity contribution in [2.45, 2.75) is 19.3 Å². The second-order valence-electron chi connectivity index (χ2n) is 4.72. The molecule has 18 heavy (non-hydrogen) atoms. The van der Waals surface area contributed by atoms with Crippen molar-refractivity contribution in [3.05, 3.63) is 59.7 Å². The minimum atomic E-state index is -0.151. The van der Waals surface area contributed by atoms with Crippen LogP contribution in [0.4, 0.5) is 0 Å². The molecule has 0 aliphatic rings. The lowest BCUT2D eigenvalue weighted by Gasteiger charge is -2.26. The lowest BCUT2D eigenvalue weighted by molar-refractivity contribution is 0.474. The highest BCUT2D eigenvalue weighted by Gasteiger charge is 2.22. The molecule has 0 bridgehead atoms. The average molecular weight is 246 g/mol. The van der Waals surface area contributed by atoms with Gasteiger partial charge >= 0.3 is 0 Å². The second kappa shape index (κ2) is 5.10. The van der Waals surface area contributed by atoms with E-state index in [1.807, 2.05) is 24.3 Å². The van der Waals surface area contributed by atoms with Crippen LogP contribution in [0.25, 0.3) is 0 Å². The molecule has 3 nitrogen and oxygen atoms in total. The third-order valence-corrected chi connectivity index (χ3v) is 3.18. The normalized spacial score (nSPS) is 10.8. The molecule has 0 saturated heterocycles. The first kappa shape index (κ1) is 14.1. The predicted octanol–water partition coefficient (Wildman–Crippen LogP) is 2.60. The van der Waals surface area contributed by atoms with Crippen molar-refractivity contribution < 1.29 is 15.7 Å². The Morgan fingerprint density at radius 2 is 0.944 bits per heavy atom. The fourth-order valence-corrected chi connectivity index (χ4v) is 1.92. The smallest absolute Gasteiger partial charge is 0.115 e. The summed E-state index contributed by atoms with van der Waals surface area (Å²) in [4.78, 5) is 0. The van der Waals surface area contributed by atoms with Gasteiger partial charge in [-0.15, -0.1) is 0 Å². The summed E-state index contributed by atoms with van der Waals surface area (Å²) in [5, 5.41) is 18.6. The number of hydrogen-bond acceptors (Lipinski definition) is 2. The van der Waals surface area contributed by atoms with Gasteiger partial charge in [0.05, 0.1) is 0 Å². The van der Waals surface area contributed by atoms with Crippen molar-refractivity contribution >= 4 is 0 Å². The van der Waals surface area contributed by atoms with E-state index in [0.29, 0.717) is 0 Å². The molecule has 0 atom stereocenters.